The van der Waals surface area contributed by atoms with Crippen molar-refractivity contribution in [1.82, 2.24) is 10.2 Å². The molecule has 2 aromatic rings. The summed E-state index contributed by atoms with van der Waals surface area (Å²) >= 11 is 0. The van der Waals surface area contributed by atoms with Gasteiger partial charge in [0.1, 0.15) is 11.8 Å². The van der Waals surface area contributed by atoms with Gasteiger partial charge in [-0.05, 0) is 37.7 Å². The number of amides is 1. The molecule has 0 bridgehead atoms. The van der Waals surface area contributed by atoms with E-state index in [1.165, 1.54) is 0 Å². The molecule has 0 aliphatic carbocycles. The molecule has 2 rings (SSSR count). The highest BCUT2D eigenvalue weighted by Gasteiger charge is 2.22. The molecule has 0 heterocycles. The van der Waals surface area contributed by atoms with Crippen molar-refractivity contribution < 1.29 is 9.53 Å². The van der Waals surface area contributed by atoms with Gasteiger partial charge in [-0.15, -0.1) is 0 Å². The molecule has 1 N–H and O–H groups in total. The van der Waals surface area contributed by atoms with Crippen LogP contribution in [0.25, 0.3) is 0 Å². The highest BCUT2D eigenvalue weighted by atomic mass is 16.5. The summed E-state index contributed by atoms with van der Waals surface area (Å²) in [6.45, 7) is 0.580. The molecule has 0 aromatic heterocycles. The molecule has 122 valence electrons. The number of benzene rings is 2. The third-order valence-corrected chi connectivity index (χ3v) is 3.77. The third kappa shape index (κ3) is 4.57. The normalized spacial score (nSPS) is 12.0. The molecule has 0 saturated carbocycles. The van der Waals surface area contributed by atoms with E-state index in [-0.39, 0.29) is 11.9 Å². The van der Waals surface area contributed by atoms with Gasteiger partial charge in [0.15, 0.2) is 0 Å². The average Bonchev–Trinajstić information content (AvgIpc) is 2.56. The molecule has 0 radical (unpaired) electrons. The number of hydrogen-bond donors (Lipinski definition) is 1. The Kier molecular flexibility index (Phi) is 6.18. The van der Waals surface area contributed by atoms with Crippen molar-refractivity contribution in [2.75, 3.05) is 27.7 Å². The van der Waals surface area contributed by atoms with Crippen molar-refractivity contribution in [3.8, 4) is 5.75 Å². The summed E-state index contributed by atoms with van der Waals surface area (Å²) in [7, 11) is 5.49. The molecule has 0 fully saturated rings. The third-order valence-electron chi connectivity index (χ3n) is 3.77. The summed E-state index contributed by atoms with van der Waals surface area (Å²) in [6.07, 6.45) is 0.741. The van der Waals surface area contributed by atoms with Gasteiger partial charge < -0.3 is 10.1 Å². The first-order valence-electron chi connectivity index (χ1n) is 7.74. The van der Waals surface area contributed by atoms with Crippen LogP contribution in [0.2, 0.25) is 0 Å². The van der Waals surface area contributed by atoms with Crippen molar-refractivity contribution in [3.05, 3.63) is 65.7 Å². The quantitative estimate of drug-likeness (QED) is 0.854. The Morgan fingerprint density at radius 3 is 2.39 bits per heavy atom. The van der Waals surface area contributed by atoms with Crippen LogP contribution in [0.3, 0.4) is 0 Å². The summed E-state index contributed by atoms with van der Waals surface area (Å²) in [5, 5.41) is 3.03. The van der Waals surface area contributed by atoms with Crippen LogP contribution >= 0.6 is 0 Å². The van der Waals surface area contributed by atoms with E-state index < -0.39 is 0 Å². The van der Waals surface area contributed by atoms with E-state index >= 15 is 0 Å². The minimum absolute atomic E-state index is 0.0103. The lowest BCUT2D eigenvalue weighted by Crippen LogP contribution is -2.37. The second-order valence-electron chi connectivity index (χ2n) is 5.63. The first-order valence-corrected chi connectivity index (χ1v) is 7.74. The molecular formula is C19H24N2O2. The zero-order valence-corrected chi connectivity index (χ0v) is 14.0. The number of nitrogens with one attached hydrogen (secondary N) is 1. The summed E-state index contributed by atoms with van der Waals surface area (Å²) in [5.74, 6) is 0.866. The van der Waals surface area contributed by atoms with Crippen molar-refractivity contribution in [3.63, 3.8) is 0 Å². The van der Waals surface area contributed by atoms with E-state index in [1.54, 1.807) is 7.11 Å². The topological polar surface area (TPSA) is 41.6 Å². The fourth-order valence-electron chi connectivity index (χ4n) is 2.65. The van der Waals surface area contributed by atoms with Gasteiger partial charge in [-0.25, -0.2) is 0 Å². The lowest BCUT2D eigenvalue weighted by atomic mass is 10.1. The highest BCUT2D eigenvalue weighted by molar-refractivity contribution is 5.83. The van der Waals surface area contributed by atoms with Crippen LogP contribution in [0.15, 0.2) is 54.6 Å². The van der Waals surface area contributed by atoms with Crippen molar-refractivity contribution in [1.29, 1.82) is 0 Å². The molecule has 1 amide bonds. The molecule has 4 heteroatoms. The molecular weight excluding hydrogens is 288 g/mol. The Morgan fingerprint density at radius 1 is 1.09 bits per heavy atom. The number of nitrogens with zero attached hydrogens (tertiary/aromatic N) is 1. The van der Waals surface area contributed by atoms with Gasteiger partial charge in [-0.1, -0.05) is 48.5 Å². The maximum absolute atomic E-state index is 12.5. The number of carbonyl (C=O) groups is 1. The Labute approximate surface area is 138 Å². The van der Waals surface area contributed by atoms with Crippen molar-refractivity contribution in [2.24, 2.45) is 0 Å². The predicted molar refractivity (Wildman–Crippen MR) is 92.6 cm³/mol. The Hall–Kier alpha value is -2.33. The van der Waals surface area contributed by atoms with Gasteiger partial charge in [0.25, 0.3) is 0 Å². The van der Waals surface area contributed by atoms with Gasteiger partial charge in [0, 0.05) is 6.54 Å². The second kappa shape index (κ2) is 8.34. The van der Waals surface area contributed by atoms with Crippen LogP contribution in [0, 0.1) is 0 Å². The molecule has 1 atom stereocenters. The summed E-state index contributed by atoms with van der Waals surface area (Å²) < 4.78 is 5.34. The summed E-state index contributed by atoms with van der Waals surface area (Å²) in [5.41, 5.74) is 2.09. The number of para-hydroxylation sites is 1. The van der Waals surface area contributed by atoms with E-state index in [2.05, 4.69) is 5.32 Å². The zero-order valence-electron chi connectivity index (χ0n) is 14.0. The number of rotatable bonds is 7. The number of carbonyl (C=O) groups excluding carboxylic acids is 1. The van der Waals surface area contributed by atoms with Crippen LogP contribution in [0.4, 0.5) is 0 Å². The minimum atomic E-state index is -0.283. The van der Waals surface area contributed by atoms with Gasteiger partial charge >= 0.3 is 0 Å². The fourth-order valence-corrected chi connectivity index (χ4v) is 2.65. The van der Waals surface area contributed by atoms with E-state index in [0.717, 1.165) is 23.3 Å². The fraction of sp³-hybridized carbons (Fsp3) is 0.316. The summed E-state index contributed by atoms with van der Waals surface area (Å²) in [4.78, 5) is 14.5. The van der Waals surface area contributed by atoms with E-state index in [0.29, 0.717) is 6.54 Å². The van der Waals surface area contributed by atoms with Crippen LogP contribution in [0.1, 0.15) is 17.2 Å². The molecule has 0 aliphatic heterocycles. The van der Waals surface area contributed by atoms with E-state index in [9.17, 15) is 4.79 Å². The second-order valence-corrected chi connectivity index (χ2v) is 5.63. The molecule has 2 aromatic carbocycles. The van der Waals surface area contributed by atoms with Crippen LogP contribution in [-0.2, 0) is 11.2 Å². The van der Waals surface area contributed by atoms with Crippen LogP contribution in [0.5, 0.6) is 5.75 Å². The van der Waals surface area contributed by atoms with Gasteiger partial charge in [0.2, 0.25) is 5.91 Å². The van der Waals surface area contributed by atoms with Crippen LogP contribution in [-0.4, -0.2) is 38.6 Å². The molecule has 0 saturated heterocycles. The zero-order chi connectivity index (χ0) is 16.7. The number of methoxy groups -OCH3 is 1. The monoisotopic (exact) mass is 312 g/mol. The molecule has 0 aliphatic rings. The smallest absolute Gasteiger partial charge is 0.241 e. The highest BCUT2D eigenvalue weighted by Crippen LogP contribution is 2.19. The largest absolute Gasteiger partial charge is 0.496 e. The lowest BCUT2D eigenvalue weighted by Gasteiger charge is -2.24. The first kappa shape index (κ1) is 17.0. The molecule has 4 nitrogen and oxygen atoms in total. The average molecular weight is 312 g/mol. The summed E-state index contributed by atoms with van der Waals surface area (Å²) in [6, 6.07) is 17.4. The SMILES string of the molecule is COc1ccccc1CCNC(=O)C(c1ccccc1)N(C)C. The number of ether oxygens (including phenoxy) is 1. The van der Waals surface area contributed by atoms with E-state index in [1.807, 2.05) is 73.6 Å². The maximum Gasteiger partial charge on any atom is 0.241 e. The predicted octanol–water partition coefficient (Wildman–Crippen LogP) is 2.66. The van der Waals surface area contributed by atoms with Crippen LogP contribution < -0.4 is 10.1 Å². The Balaban J connectivity index is 1.97. The Bertz CT molecular complexity index is 626. The van der Waals surface area contributed by atoms with E-state index in [4.69, 9.17) is 4.74 Å². The molecule has 0 spiro atoms. The van der Waals surface area contributed by atoms with Crippen molar-refractivity contribution in [2.45, 2.75) is 12.5 Å². The maximum atomic E-state index is 12.5. The minimum Gasteiger partial charge on any atom is -0.496 e. The standard InChI is InChI=1S/C19H24N2O2/c1-21(2)18(16-10-5-4-6-11-16)19(22)20-14-13-15-9-7-8-12-17(15)23-3/h4-12,18H,13-14H2,1-3H3,(H,20,22). The lowest BCUT2D eigenvalue weighted by molar-refractivity contribution is -0.125. The van der Waals surface area contributed by atoms with Gasteiger partial charge in [-0.2, -0.15) is 0 Å². The Morgan fingerprint density at radius 2 is 1.74 bits per heavy atom. The van der Waals surface area contributed by atoms with Gasteiger partial charge in [0.05, 0.1) is 7.11 Å². The number of likely N-dealkylation sites (N-methyl/N-ethyl adjacent to an activating group) is 1. The molecule has 1 unspecified atom stereocenters. The van der Waals surface area contributed by atoms with Crippen molar-refractivity contribution >= 4 is 5.91 Å². The first-order chi connectivity index (χ1) is 11.1. The molecule has 23 heavy (non-hydrogen) atoms. The number of hydrogen-bond acceptors (Lipinski definition) is 3. The van der Waals surface area contributed by atoms with Gasteiger partial charge in [-0.3, -0.25) is 9.69 Å².